The van der Waals surface area contributed by atoms with E-state index in [1.54, 1.807) is 23.3 Å². The summed E-state index contributed by atoms with van der Waals surface area (Å²) in [6, 6.07) is 5.99. The second kappa shape index (κ2) is 10.2. The Bertz CT molecular complexity index is 852. The van der Waals surface area contributed by atoms with Crippen LogP contribution in [0.2, 0.25) is 0 Å². The van der Waals surface area contributed by atoms with Crippen LogP contribution in [-0.2, 0) is 4.74 Å². The summed E-state index contributed by atoms with van der Waals surface area (Å²) in [7, 11) is 0. The predicted molar refractivity (Wildman–Crippen MR) is 127 cm³/mol. The number of rotatable bonds is 6. The number of benzene rings is 1. The Labute approximate surface area is 188 Å². The van der Waals surface area contributed by atoms with Crippen molar-refractivity contribution in [2.45, 2.75) is 89.2 Å². The van der Waals surface area contributed by atoms with Crippen molar-refractivity contribution in [2.24, 2.45) is 0 Å². The van der Waals surface area contributed by atoms with E-state index in [0.29, 0.717) is 5.92 Å². The SMILES string of the molecule is CC(C)OC(=O)Nc1ccc(-c2cnc(C3CCCCC3)s2)c(SNC(C)(C)C)c1. The van der Waals surface area contributed by atoms with Gasteiger partial charge in [-0.15, -0.1) is 11.3 Å². The van der Waals surface area contributed by atoms with Crippen LogP contribution >= 0.6 is 23.3 Å². The minimum atomic E-state index is -0.435. The molecule has 1 fully saturated rings. The first kappa shape index (κ1) is 23.1. The molecule has 1 aromatic carbocycles. The number of carbonyl (C=O) groups is 1. The molecule has 0 spiro atoms. The van der Waals surface area contributed by atoms with Gasteiger partial charge < -0.3 is 4.74 Å². The minimum absolute atomic E-state index is 0.0388. The Morgan fingerprint density at radius 1 is 1.23 bits per heavy atom. The molecule has 0 radical (unpaired) electrons. The van der Waals surface area contributed by atoms with Crippen molar-refractivity contribution in [1.29, 1.82) is 0 Å². The van der Waals surface area contributed by atoms with Gasteiger partial charge in [0, 0.05) is 33.8 Å². The van der Waals surface area contributed by atoms with Crippen molar-refractivity contribution in [3.8, 4) is 10.4 Å². The van der Waals surface area contributed by atoms with E-state index >= 15 is 0 Å². The lowest BCUT2D eigenvalue weighted by Gasteiger charge is -2.21. The van der Waals surface area contributed by atoms with E-state index in [1.165, 1.54) is 42.0 Å². The molecule has 1 heterocycles. The van der Waals surface area contributed by atoms with Crippen molar-refractivity contribution in [3.63, 3.8) is 0 Å². The van der Waals surface area contributed by atoms with Crippen molar-refractivity contribution in [1.82, 2.24) is 9.71 Å². The van der Waals surface area contributed by atoms with E-state index in [9.17, 15) is 4.79 Å². The van der Waals surface area contributed by atoms with Crippen LogP contribution in [0.3, 0.4) is 0 Å². The molecule has 0 saturated heterocycles. The van der Waals surface area contributed by atoms with Crippen LogP contribution in [0.25, 0.3) is 10.4 Å². The fourth-order valence-corrected chi connectivity index (χ4v) is 5.49. The summed E-state index contributed by atoms with van der Waals surface area (Å²) in [5, 5.41) is 4.09. The molecule has 0 atom stereocenters. The standard InChI is InChI=1S/C23H33N3O2S2/c1-15(2)28-22(27)25-17-11-12-18(19(13-17)30-26-23(3,4)5)20-14-24-21(29-20)16-9-7-6-8-10-16/h11-16,26H,6-10H2,1-5H3,(H,25,27). The molecule has 3 rings (SSSR count). The van der Waals surface area contributed by atoms with Crippen LogP contribution in [0.1, 0.15) is 77.6 Å². The first-order chi connectivity index (χ1) is 14.2. The number of hydrogen-bond donors (Lipinski definition) is 2. The number of anilines is 1. The molecule has 0 unspecified atom stereocenters. The summed E-state index contributed by atoms with van der Waals surface area (Å²) in [6.45, 7) is 10.1. The molecular formula is C23H33N3O2S2. The maximum absolute atomic E-state index is 12.0. The van der Waals surface area contributed by atoms with E-state index in [4.69, 9.17) is 9.72 Å². The second-order valence-electron chi connectivity index (χ2n) is 9.14. The lowest BCUT2D eigenvalue weighted by molar-refractivity contribution is 0.130. The summed E-state index contributed by atoms with van der Waals surface area (Å²) in [5.74, 6) is 0.605. The Kier molecular flexibility index (Phi) is 7.82. The Balaban J connectivity index is 1.84. The summed E-state index contributed by atoms with van der Waals surface area (Å²) < 4.78 is 8.70. The van der Waals surface area contributed by atoms with Gasteiger partial charge in [-0.3, -0.25) is 10.0 Å². The number of nitrogens with one attached hydrogen (secondary N) is 2. The Hall–Kier alpha value is -1.57. The minimum Gasteiger partial charge on any atom is -0.447 e. The highest BCUT2D eigenvalue weighted by molar-refractivity contribution is 7.97. The molecule has 1 amide bonds. The molecule has 2 N–H and O–H groups in total. The van der Waals surface area contributed by atoms with Gasteiger partial charge in [-0.2, -0.15) is 0 Å². The maximum Gasteiger partial charge on any atom is 0.411 e. The van der Waals surface area contributed by atoms with E-state index in [0.717, 1.165) is 16.1 Å². The molecule has 0 bridgehead atoms. The highest BCUT2D eigenvalue weighted by Gasteiger charge is 2.21. The maximum atomic E-state index is 12.0. The Morgan fingerprint density at radius 3 is 2.63 bits per heavy atom. The van der Waals surface area contributed by atoms with Crippen molar-refractivity contribution in [3.05, 3.63) is 29.4 Å². The topological polar surface area (TPSA) is 63.2 Å². The molecule has 7 heteroatoms. The number of hydrogen-bond acceptors (Lipinski definition) is 6. The average molecular weight is 448 g/mol. The fourth-order valence-electron chi connectivity index (χ4n) is 3.41. The summed E-state index contributed by atoms with van der Waals surface area (Å²) >= 11 is 3.39. The third-order valence-electron chi connectivity index (χ3n) is 4.78. The molecule has 1 aliphatic rings. The summed E-state index contributed by atoms with van der Waals surface area (Å²) in [4.78, 5) is 19.0. The fraction of sp³-hybridized carbons (Fsp3) is 0.565. The summed E-state index contributed by atoms with van der Waals surface area (Å²) in [5.41, 5.74) is 1.82. The number of nitrogens with zero attached hydrogens (tertiary/aromatic N) is 1. The van der Waals surface area contributed by atoms with Gasteiger partial charge in [0.1, 0.15) is 0 Å². The van der Waals surface area contributed by atoms with Gasteiger partial charge >= 0.3 is 6.09 Å². The number of thiazole rings is 1. The number of carbonyl (C=O) groups excluding carboxylic acids is 1. The van der Waals surface area contributed by atoms with Gasteiger partial charge in [-0.1, -0.05) is 25.3 Å². The third-order valence-corrected chi connectivity index (χ3v) is 7.25. The van der Waals surface area contributed by atoms with Crippen LogP contribution in [0.5, 0.6) is 0 Å². The van der Waals surface area contributed by atoms with Crippen LogP contribution in [-0.4, -0.2) is 22.7 Å². The zero-order valence-corrected chi connectivity index (χ0v) is 20.2. The van der Waals surface area contributed by atoms with Crippen molar-refractivity contribution in [2.75, 3.05) is 5.32 Å². The summed E-state index contributed by atoms with van der Waals surface area (Å²) in [6.07, 6.45) is 7.88. The first-order valence-corrected chi connectivity index (χ1v) is 12.4. The predicted octanol–water partition coefficient (Wildman–Crippen LogP) is 7.21. The average Bonchev–Trinajstić information content (AvgIpc) is 3.16. The smallest absolute Gasteiger partial charge is 0.411 e. The Morgan fingerprint density at radius 2 is 1.97 bits per heavy atom. The number of aromatic nitrogens is 1. The molecule has 164 valence electrons. The molecular weight excluding hydrogens is 414 g/mol. The third kappa shape index (κ3) is 6.72. The van der Waals surface area contributed by atoms with Gasteiger partial charge in [0.05, 0.1) is 16.0 Å². The highest BCUT2D eigenvalue weighted by atomic mass is 32.2. The molecule has 30 heavy (non-hydrogen) atoms. The van der Waals surface area contributed by atoms with Gasteiger partial charge in [0.2, 0.25) is 0 Å². The molecule has 2 aromatic rings. The van der Waals surface area contributed by atoms with E-state index in [1.807, 2.05) is 32.2 Å². The van der Waals surface area contributed by atoms with Crippen LogP contribution in [0, 0.1) is 0 Å². The van der Waals surface area contributed by atoms with Gasteiger partial charge in [0.25, 0.3) is 0 Å². The van der Waals surface area contributed by atoms with Crippen LogP contribution in [0.15, 0.2) is 29.3 Å². The van der Waals surface area contributed by atoms with E-state index < -0.39 is 6.09 Å². The van der Waals surface area contributed by atoms with E-state index in [2.05, 4.69) is 36.9 Å². The first-order valence-electron chi connectivity index (χ1n) is 10.7. The molecule has 1 saturated carbocycles. The molecule has 0 aliphatic heterocycles. The van der Waals surface area contributed by atoms with Crippen LogP contribution < -0.4 is 10.0 Å². The molecule has 5 nitrogen and oxygen atoms in total. The lowest BCUT2D eigenvalue weighted by Crippen LogP contribution is -2.29. The lowest BCUT2D eigenvalue weighted by atomic mass is 9.90. The van der Waals surface area contributed by atoms with Gasteiger partial charge in [-0.05, 0) is 71.5 Å². The quantitative estimate of drug-likeness (QED) is 0.458. The molecule has 1 aliphatic carbocycles. The largest absolute Gasteiger partial charge is 0.447 e. The number of ether oxygens (including phenoxy) is 1. The zero-order valence-electron chi connectivity index (χ0n) is 18.6. The normalized spacial score (nSPS) is 15.4. The second-order valence-corrected chi connectivity index (χ2v) is 11.1. The zero-order chi connectivity index (χ0) is 21.7. The number of amides is 1. The van der Waals surface area contributed by atoms with E-state index in [-0.39, 0.29) is 11.6 Å². The van der Waals surface area contributed by atoms with Crippen molar-refractivity contribution >= 4 is 35.1 Å². The van der Waals surface area contributed by atoms with Crippen LogP contribution in [0.4, 0.5) is 10.5 Å². The van der Waals surface area contributed by atoms with Gasteiger partial charge in [-0.25, -0.2) is 9.78 Å². The van der Waals surface area contributed by atoms with Crippen molar-refractivity contribution < 1.29 is 9.53 Å². The monoisotopic (exact) mass is 447 g/mol. The van der Waals surface area contributed by atoms with Gasteiger partial charge in [0.15, 0.2) is 0 Å². The highest BCUT2D eigenvalue weighted by Crippen LogP contribution is 2.40. The molecule has 1 aromatic heterocycles.